The Labute approximate surface area is 233 Å². The number of ether oxygens (including phenoxy) is 2. The highest BCUT2D eigenvalue weighted by molar-refractivity contribution is 9.10. The van der Waals surface area contributed by atoms with Crippen molar-refractivity contribution in [2.75, 3.05) is 7.11 Å². The molecule has 1 aliphatic rings. The molecule has 3 aromatic carbocycles. The van der Waals surface area contributed by atoms with Crippen molar-refractivity contribution < 1.29 is 19.1 Å². The molecular weight excluding hydrogens is 641 g/mol. The van der Waals surface area contributed by atoms with Gasteiger partial charge in [0.25, 0.3) is 11.1 Å². The molecule has 0 unspecified atom stereocenters. The average molecular weight is 658 g/mol. The highest BCUT2D eigenvalue weighted by Gasteiger charge is 2.35. The van der Waals surface area contributed by atoms with Crippen LogP contribution in [-0.2, 0) is 17.9 Å². The number of rotatable bonds is 7. The number of hydrogen-bond donors (Lipinski definition) is 0. The van der Waals surface area contributed by atoms with Crippen LogP contribution in [0.25, 0.3) is 6.08 Å². The van der Waals surface area contributed by atoms with Crippen LogP contribution in [0.4, 0.5) is 4.79 Å². The summed E-state index contributed by atoms with van der Waals surface area (Å²) in [5, 5.41) is 0.423. The van der Waals surface area contributed by atoms with Crippen LogP contribution in [0, 0.1) is 0 Å². The number of carbonyl (C=O) groups excluding carboxylic acids is 2. The van der Waals surface area contributed by atoms with Crippen LogP contribution in [0.2, 0.25) is 10.0 Å². The molecule has 1 saturated heterocycles. The average Bonchev–Trinajstić information content (AvgIpc) is 3.08. The van der Waals surface area contributed by atoms with Gasteiger partial charge in [-0.1, -0.05) is 57.3 Å². The van der Waals surface area contributed by atoms with Crippen LogP contribution in [0.3, 0.4) is 0 Å². The molecule has 0 N–H and O–H groups in total. The van der Waals surface area contributed by atoms with Gasteiger partial charge in [0.2, 0.25) is 0 Å². The van der Waals surface area contributed by atoms with E-state index >= 15 is 0 Å². The maximum atomic E-state index is 13.0. The molecule has 0 saturated carbocycles. The van der Waals surface area contributed by atoms with Crippen molar-refractivity contribution >= 4 is 84.0 Å². The number of hydrogen-bond acceptors (Lipinski definition) is 5. The van der Waals surface area contributed by atoms with E-state index in [1.807, 2.05) is 30.3 Å². The third kappa shape index (κ3) is 6.24. The lowest BCUT2D eigenvalue weighted by atomic mass is 10.1. The largest absolute Gasteiger partial charge is 0.493 e. The van der Waals surface area contributed by atoms with E-state index in [1.165, 1.54) is 4.90 Å². The second kappa shape index (κ2) is 11.4. The fourth-order valence-corrected chi connectivity index (χ4v) is 5.31. The summed E-state index contributed by atoms with van der Waals surface area (Å²) in [5.74, 6) is 0.662. The maximum absolute atomic E-state index is 13.0. The van der Waals surface area contributed by atoms with Gasteiger partial charge in [0.05, 0.1) is 33.1 Å². The van der Waals surface area contributed by atoms with Gasteiger partial charge in [-0.2, -0.15) is 0 Å². The van der Waals surface area contributed by atoms with Crippen LogP contribution < -0.4 is 9.47 Å². The summed E-state index contributed by atoms with van der Waals surface area (Å²) in [6, 6.07) is 16.4. The summed E-state index contributed by atoms with van der Waals surface area (Å²) >= 11 is 19.9. The van der Waals surface area contributed by atoms with Gasteiger partial charge in [0.1, 0.15) is 6.61 Å². The second-order valence-corrected chi connectivity index (χ2v) is 11.0. The van der Waals surface area contributed by atoms with Crippen LogP contribution in [0.15, 0.2) is 68.4 Å². The Bertz CT molecular complexity index is 1330. The zero-order valence-electron chi connectivity index (χ0n) is 18.2. The van der Waals surface area contributed by atoms with Crippen LogP contribution in [-0.4, -0.2) is 23.2 Å². The third-order valence-electron chi connectivity index (χ3n) is 5.04. The van der Waals surface area contributed by atoms with E-state index in [0.717, 1.165) is 21.8 Å². The quantitative estimate of drug-likeness (QED) is 0.239. The third-order valence-corrected chi connectivity index (χ3v) is 7.81. The molecule has 3 aromatic rings. The molecule has 10 heteroatoms. The lowest BCUT2D eigenvalue weighted by Crippen LogP contribution is -2.27. The normalized spacial score (nSPS) is 14.7. The highest BCUT2D eigenvalue weighted by Crippen LogP contribution is 2.40. The SMILES string of the molecule is COc1cc(/C=C2\SC(=O)N(Cc3ccc(Cl)c(Cl)c3)C2=O)cc(Br)c1OCc1ccc(Br)cc1. The molecule has 0 aliphatic carbocycles. The number of amides is 2. The molecule has 0 radical (unpaired) electrons. The minimum atomic E-state index is -0.378. The number of carbonyl (C=O) groups is 2. The Morgan fingerprint density at radius 1 is 0.971 bits per heavy atom. The summed E-state index contributed by atoms with van der Waals surface area (Å²) in [7, 11) is 1.54. The molecule has 4 rings (SSSR count). The van der Waals surface area contributed by atoms with E-state index in [-0.39, 0.29) is 17.7 Å². The van der Waals surface area contributed by atoms with Crippen LogP contribution in [0.1, 0.15) is 16.7 Å². The molecular formula is C25H17Br2Cl2NO4S. The summed E-state index contributed by atoms with van der Waals surface area (Å²) in [4.78, 5) is 27.0. The first kappa shape index (κ1) is 26.1. The first-order valence-corrected chi connectivity index (χ1v) is 13.3. The van der Waals surface area contributed by atoms with Gasteiger partial charge >= 0.3 is 0 Å². The number of halogens is 4. The molecule has 1 fully saturated rings. The van der Waals surface area contributed by atoms with Gasteiger partial charge in [-0.05, 0) is 86.9 Å². The van der Waals surface area contributed by atoms with E-state index in [4.69, 9.17) is 32.7 Å². The molecule has 5 nitrogen and oxygen atoms in total. The van der Waals surface area contributed by atoms with Gasteiger partial charge in [-0.25, -0.2) is 0 Å². The van der Waals surface area contributed by atoms with E-state index in [2.05, 4.69) is 31.9 Å². The molecule has 0 bridgehead atoms. The van der Waals surface area contributed by atoms with Gasteiger partial charge < -0.3 is 9.47 Å². The summed E-state index contributed by atoms with van der Waals surface area (Å²) in [6.07, 6.45) is 1.66. The minimum Gasteiger partial charge on any atom is -0.493 e. The first-order chi connectivity index (χ1) is 16.7. The van der Waals surface area contributed by atoms with Gasteiger partial charge in [-0.15, -0.1) is 0 Å². The van der Waals surface area contributed by atoms with Gasteiger partial charge in [0, 0.05) is 4.47 Å². The second-order valence-electron chi connectivity index (χ2n) is 7.47. The summed E-state index contributed by atoms with van der Waals surface area (Å²) in [6.45, 7) is 0.462. The first-order valence-electron chi connectivity index (χ1n) is 10.2. The molecule has 0 atom stereocenters. The molecule has 0 aromatic heterocycles. The zero-order chi connectivity index (χ0) is 25.1. The zero-order valence-corrected chi connectivity index (χ0v) is 23.7. The number of methoxy groups -OCH3 is 1. The molecule has 180 valence electrons. The number of nitrogens with zero attached hydrogens (tertiary/aromatic N) is 1. The van der Waals surface area contributed by atoms with Crippen LogP contribution in [0.5, 0.6) is 11.5 Å². The van der Waals surface area contributed by atoms with E-state index < -0.39 is 0 Å². The standard InChI is InChI=1S/C25H17Br2Cl2NO4S/c1-33-21-10-16(8-18(27)23(21)34-13-14-2-5-17(26)6-3-14)11-22-24(31)30(25(32)35-22)12-15-4-7-19(28)20(29)9-15/h2-11H,12-13H2,1H3/b22-11-. The predicted molar refractivity (Wildman–Crippen MR) is 147 cm³/mol. The Kier molecular flexibility index (Phi) is 8.50. The van der Waals surface area contributed by atoms with E-state index in [1.54, 1.807) is 37.5 Å². The minimum absolute atomic E-state index is 0.106. The van der Waals surface area contributed by atoms with Crippen molar-refractivity contribution in [2.24, 2.45) is 0 Å². The number of imide groups is 1. The van der Waals surface area contributed by atoms with Crippen molar-refractivity contribution in [3.05, 3.63) is 95.2 Å². The Morgan fingerprint density at radius 2 is 1.69 bits per heavy atom. The van der Waals surface area contributed by atoms with Crippen molar-refractivity contribution in [1.82, 2.24) is 4.90 Å². The topological polar surface area (TPSA) is 55.8 Å². The van der Waals surface area contributed by atoms with Crippen LogP contribution >= 0.6 is 66.8 Å². The summed E-state index contributed by atoms with van der Waals surface area (Å²) < 4.78 is 13.2. The Morgan fingerprint density at radius 3 is 2.37 bits per heavy atom. The van der Waals surface area contributed by atoms with Gasteiger partial charge in [0.15, 0.2) is 11.5 Å². The molecule has 1 heterocycles. The van der Waals surface area contributed by atoms with Crippen molar-refractivity contribution in [2.45, 2.75) is 13.2 Å². The molecule has 1 aliphatic heterocycles. The lowest BCUT2D eigenvalue weighted by molar-refractivity contribution is -0.123. The predicted octanol–water partition coefficient (Wildman–Crippen LogP) is 8.34. The molecule has 0 spiro atoms. The smallest absolute Gasteiger partial charge is 0.293 e. The number of benzene rings is 3. The molecule has 35 heavy (non-hydrogen) atoms. The summed E-state index contributed by atoms with van der Waals surface area (Å²) in [5.41, 5.74) is 2.39. The molecule has 2 amide bonds. The van der Waals surface area contributed by atoms with E-state index in [9.17, 15) is 9.59 Å². The highest BCUT2D eigenvalue weighted by atomic mass is 79.9. The van der Waals surface area contributed by atoms with Gasteiger partial charge in [-0.3, -0.25) is 14.5 Å². The Balaban J connectivity index is 1.52. The number of thioether (sulfide) groups is 1. The fraction of sp³-hybridized carbons (Fsp3) is 0.120. The fourth-order valence-electron chi connectivity index (χ4n) is 3.31. The maximum Gasteiger partial charge on any atom is 0.293 e. The Hall–Kier alpha value is -1.97. The monoisotopic (exact) mass is 655 g/mol. The van der Waals surface area contributed by atoms with E-state index in [0.29, 0.717) is 48.7 Å². The van der Waals surface area contributed by atoms with Crippen molar-refractivity contribution in [3.63, 3.8) is 0 Å². The van der Waals surface area contributed by atoms with Crippen molar-refractivity contribution in [3.8, 4) is 11.5 Å². The van der Waals surface area contributed by atoms with Crippen molar-refractivity contribution in [1.29, 1.82) is 0 Å². The lowest BCUT2D eigenvalue weighted by Gasteiger charge is -2.14.